The summed E-state index contributed by atoms with van der Waals surface area (Å²) in [6, 6.07) is 7.50. The zero-order valence-electron chi connectivity index (χ0n) is 7.94. The second-order valence-electron chi connectivity index (χ2n) is 3.23. The van der Waals surface area contributed by atoms with Gasteiger partial charge in [-0.2, -0.15) is 0 Å². The first-order chi connectivity index (χ1) is 6.38. The van der Waals surface area contributed by atoms with Crippen molar-refractivity contribution in [1.82, 2.24) is 5.32 Å². The van der Waals surface area contributed by atoms with Gasteiger partial charge in [0.25, 0.3) is 0 Å². The Morgan fingerprint density at radius 3 is 2.43 bits per heavy atom. The van der Waals surface area contributed by atoms with Crippen molar-refractivity contribution in [2.45, 2.75) is 0 Å². The van der Waals surface area contributed by atoms with E-state index in [0.29, 0.717) is 5.75 Å². The van der Waals surface area contributed by atoms with Crippen LogP contribution in [0.4, 0.5) is 5.69 Å². The van der Waals surface area contributed by atoms with Crippen LogP contribution in [-0.2, 0) is 0 Å². The number of rotatable bonds is 1. The SMILES string of the molecule is Cl.Oc1ccccc1N1CCNCC1. The normalized spacial score (nSPS) is 16.1. The molecule has 1 fully saturated rings. The summed E-state index contributed by atoms with van der Waals surface area (Å²) >= 11 is 0. The number of para-hydroxylation sites is 2. The summed E-state index contributed by atoms with van der Waals surface area (Å²) in [6.07, 6.45) is 0. The maximum atomic E-state index is 9.60. The van der Waals surface area contributed by atoms with Gasteiger partial charge >= 0.3 is 0 Å². The van der Waals surface area contributed by atoms with Gasteiger partial charge in [0.15, 0.2) is 0 Å². The number of phenolic OH excluding ortho intramolecular Hbond substituents is 1. The Balaban J connectivity index is 0.000000980. The Hall–Kier alpha value is -0.930. The zero-order chi connectivity index (χ0) is 9.10. The molecule has 3 nitrogen and oxygen atoms in total. The molecule has 0 aromatic heterocycles. The average Bonchev–Trinajstić information content (AvgIpc) is 2.20. The number of nitrogens with zero attached hydrogens (tertiary/aromatic N) is 1. The monoisotopic (exact) mass is 214 g/mol. The summed E-state index contributed by atoms with van der Waals surface area (Å²) in [6.45, 7) is 3.93. The molecule has 4 heteroatoms. The van der Waals surface area contributed by atoms with E-state index < -0.39 is 0 Å². The second-order valence-corrected chi connectivity index (χ2v) is 3.23. The Morgan fingerprint density at radius 1 is 1.14 bits per heavy atom. The molecular formula is C10H15ClN2O. The summed E-state index contributed by atoms with van der Waals surface area (Å²) < 4.78 is 0. The van der Waals surface area contributed by atoms with Crippen LogP contribution in [0.15, 0.2) is 24.3 Å². The van der Waals surface area contributed by atoms with Crippen molar-refractivity contribution in [1.29, 1.82) is 0 Å². The fourth-order valence-corrected chi connectivity index (χ4v) is 1.64. The molecule has 0 spiro atoms. The van der Waals surface area contributed by atoms with E-state index >= 15 is 0 Å². The fourth-order valence-electron chi connectivity index (χ4n) is 1.64. The van der Waals surface area contributed by atoms with Crippen molar-refractivity contribution >= 4 is 18.1 Å². The molecule has 2 N–H and O–H groups in total. The van der Waals surface area contributed by atoms with E-state index in [4.69, 9.17) is 0 Å². The van der Waals surface area contributed by atoms with Crippen LogP contribution >= 0.6 is 12.4 Å². The number of hydrogen-bond acceptors (Lipinski definition) is 3. The smallest absolute Gasteiger partial charge is 0.138 e. The number of anilines is 1. The van der Waals surface area contributed by atoms with Gasteiger partial charge in [0, 0.05) is 26.2 Å². The van der Waals surface area contributed by atoms with Crippen LogP contribution in [0.25, 0.3) is 0 Å². The van der Waals surface area contributed by atoms with Crippen LogP contribution in [0.2, 0.25) is 0 Å². The van der Waals surface area contributed by atoms with E-state index in [9.17, 15) is 5.11 Å². The van der Waals surface area contributed by atoms with E-state index in [-0.39, 0.29) is 12.4 Å². The number of benzene rings is 1. The van der Waals surface area contributed by atoms with Crippen LogP contribution in [0.3, 0.4) is 0 Å². The van der Waals surface area contributed by atoms with Crippen molar-refractivity contribution in [3.05, 3.63) is 24.3 Å². The van der Waals surface area contributed by atoms with Gasteiger partial charge in [-0.15, -0.1) is 12.4 Å². The number of phenols is 1. The van der Waals surface area contributed by atoms with Crippen molar-refractivity contribution in [2.24, 2.45) is 0 Å². The first kappa shape index (κ1) is 11.1. The van der Waals surface area contributed by atoms with Crippen LogP contribution in [0.5, 0.6) is 5.75 Å². The van der Waals surface area contributed by atoms with Gasteiger partial charge in [-0.1, -0.05) is 12.1 Å². The van der Waals surface area contributed by atoms with Crippen molar-refractivity contribution < 1.29 is 5.11 Å². The number of nitrogens with one attached hydrogen (secondary N) is 1. The van der Waals surface area contributed by atoms with Gasteiger partial charge in [0.1, 0.15) is 5.75 Å². The third-order valence-corrected chi connectivity index (χ3v) is 2.34. The lowest BCUT2D eigenvalue weighted by Crippen LogP contribution is -2.43. The largest absolute Gasteiger partial charge is 0.506 e. The van der Waals surface area contributed by atoms with Crippen LogP contribution in [0.1, 0.15) is 0 Å². The first-order valence-electron chi connectivity index (χ1n) is 4.61. The summed E-state index contributed by atoms with van der Waals surface area (Å²) in [5, 5.41) is 12.9. The minimum absolute atomic E-state index is 0. The number of halogens is 1. The van der Waals surface area contributed by atoms with Gasteiger partial charge in [-0.25, -0.2) is 0 Å². The lowest BCUT2D eigenvalue weighted by Gasteiger charge is -2.29. The molecule has 0 saturated carbocycles. The summed E-state index contributed by atoms with van der Waals surface area (Å²) in [5.74, 6) is 0.379. The van der Waals surface area contributed by atoms with Crippen molar-refractivity contribution in [3.63, 3.8) is 0 Å². The van der Waals surface area contributed by atoms with Crippen LogP contribution in [-0.4, -0.2) is 31.3 Å². The van der Waals surface area contributed by atoms with Gasteiger partial charge in [0.2, 0.25) is 0 Å². The van der Waals surface area contributed by atoms with Crippen molar-refractivity contribution in [2.75, 3.05) is 31.1 Å². The highest BCUT2D eigenvalue weighted by molar-refractivity contribution is 5.85. The lowest BCUT2D eigenvalue weighted by atomic mass is 10.2. The van der Waals surface area contributed by atoms with Gasteiger partial charge in [-0.05, 0) is 12.1 Å². The van der Waals surface area contributed by atoms with Crippen molar-refractivity contribution in [3.8, 4) is 5.75 Å². The summed E-state index contributed by atoms with van der Waals surface area (Å²) in [4.78, 5) is 2.20. The number of aromatic hydroxyl groups is 1. The lowest BCUT2D eigenvalue weighted by molar-refractivity contribution is 0.470. The van der Waals surface area contributed by atoms with E-state index in [2.05, 4.69) is 10.2 Å². The third kappa shape index (κ3) is 2.30. The van der Waals surface area contributed by atoms with E-state index in [0.717, 1.165) is 31.9 Å². The highest BCUT2D eigenvalue weighted by Gasteiger charge is 2.12. The molecule has 0 atom stereocenters. The zero-order valence-corrected chi connectivity index (χ0v) is 8.76. The summed E-state index contributed by atoms with van der Waals surface area (Å²) in [7, 11) is 0. The molecule has 1 aliphatic rings. The standard InChI is InChI=1S/C10H14N2O.ClH/c13-10-4-2-1-3-9(10)12-7-5-11-6-8-12;/h1-4,11,13H,5-8H2;1H. The fraction of sp³-hybridized carbons (Fsp3) is 0.400. The molecule has 1 saturated heterocycles. The maximum Gasteiger partial charge on any atom is 0.138 e. The summed E-state index contributed by atoms with van der Waals surface area (Å²) in [5.41, 5.74) is 0.948. The highest BCUT2D eigenvalue weighted by Crippen LogP contribution is 2.26. The van der Waals surface area contributed by atoms with E-state index in [1.807, 2.05) is 18.2 Å². The molecule has 1 aliphatic heterocycles. The quantitative estimate of drug-likeness (QED) is 0.738. The molecule has 0 bridgehead atoms. The number of hydrogen-bond donors (Lipinski definition) is 2. The van der Waals surface area contributed by atoms with E-state index in [1.54, 1.807) is 6.07 Å². The molecule has 0 unspecified atom stereocenters. The molecule has 0 radical (unpaired) electrons. The Labute approximate surface area is 90.1 Å². The van der Waals surface area contributed by atoms with Crippen LogP contribution < -0.4 is 10.2 Å². The highest BCUT2D eigenvalue weighted by atomic mass is 35.5. The predicted octanol–water partition coefficient (Wildman–Crippen LogP) is 1.22. The molecular weight excluding hydrogens is 200 g/mol. The molecule has 1 aromatic rings. The van der Waals surface area contributed by atoms with Gasteiger partial charge in [-0.3, -0.25) is 0 Å². The average molecular weight is 215 g/mol. The Bertz CT molecular complexity index is 287. The van der Waals surface area contributed by atoms with Gasteiger partial charge < -0.3 is 15.3 Å². The molecule has 1 aromatic carbocycles. The Kier molecular flexibility index (Phi) is 4.04. The molecule has 78 valence electrons. The second kappa shape index (κ2) is 5.08. The molecule has 14 heavy (non-hydrogen) atoms. The minimum atomic E-state index is 0. The van der Waals surface area contributed by atoms with Crippen LogP contribution in [0, 0.1) is 0 Å². The third-order valence-electron chi connectivity index (χ3n) is 2.34. The topological polar surface area (TPSA) is 35.5 Å². The molecule has 2 rings (SSSR count). The maximum absolute atomic E-state index is 9.60. The number of piperazine rings is 1. The van der Waals surface area contributed by atoms with Gasteiger partial charge in [0.05, 0.1) is 5.69 Å². The molecule has 0 amide bonds. The minimum Gasteiger partial charge on any atom is -0.506 e. The predicted molar refractivity (Wildman–Crippen MR) is 60.4 cm³/mol. The van der Waals surface area contributed by atoms with E-state index in [1.165, 1.54) is 0 Å². The first-order valence-corrected chi connectivity index (χ1v) is 4.61. The Morgan fingerprint density at radius 2 is 1.79 bits per heavy atom. The molecule has 1 heterocycles. The molecule has 0 aliphatic carbocycles.